The summed E-state index contributed by atoms with van der Waals surface area (Å²) in [5.74, 6) is -1.11. The molecule has 116 valence electrons. The Morgan fingerprint density at radius 1 is 1.14 bits per heavy atom. The predicted octanol–water partition coefficient (Wildman–Crippen LogP) is 2.75. The van der Waals surface area contributed by atoms with Gasteiger partial charge in [0.25, 0.3) is 0 Å². The quantitative estimate of drug-likeness (QED) is 0.892. The van der Waals surface area contributed by atoms with E-state index in [0.29, 0.717) is 11.1 Å². The van der Waals surface area contributed by atoms with Crippen molar-refractivity contribution in [1.29, 1.82) is 0 Å². The maximum Gasteiger partial charge on any atom is 0.224 e. The van der Waals surface area contributed by atoms with Gasteiger partial charge in [-0.25, -0.2) is 8.78 Å². The molecule has 0 aliphatic rings. The fraction of sp³-hybridized carbons (Fsp3) is 0.235. The highest BCUT2D eigenvalue weighted by Crippen LogP contribution is 2.17. The number of aliphatic hydroxyl groups excluding tert-OH is 1. The second kappa shape index (κ2) is 7.13. The van der Waals surface area contributed by atoms with Gasteiger partial charge in [0.05, 0.1) is 18.6 Å². The van der Waals surface area contributed by atoms with Crippen LogP contribution < -0.4 is 5.32 Å². The van der Waals surface area contributed by atoms with Gasteiger partial charge in [-0.05, 0) is 42.3 Å². The number of benzene rings is 2. The van der Waals surface area contributed by atoms with Crippen molar-refractivity contribution in [3.8, 4) is 0 Å². The highest BCUT2D eigenvalue weighted by Gasteiger charge is 2.18. The van der Waals surface area contributed by atoms with Crippen LogP contribution in [0.3, 0.4) is 0 Å². The van der Waals surface area contributed by atoms with E-state index >= 15 is 0 Å². The molecule has 3 nitrogen and oxygen atoms in total. The lowest BCUT2D eigenvalue weighted by Crippen LogP contribution is -2.37. The minimum Gasteiger partial charge on any atom is -0.386 e. The van der Waals surface area contributed by atoms with Gasteiger partial charge in [0.1, 0.15) is 11.6 Å². The Labute approximate surface area is 127 Å². The molecule has 2 N–H and O–H groups in total. The Bertz CT molecular complexity index is 643. The van der Waals surface area contributed by atoms with Crippen molar-refractivity contribution in [3.63, 3.8) is 0 Å². The van der Waals surface area contributed by atoms with Gasteiger partial charge in [-0.2, -0.15) is 0 Å². The molecule has 0 radical (unpaired) electrons. The number of carbonyl (C=O) groups is 1. The number of halogens is 2. The highest BCUT2D eigenvalue weighted by molar-refractivity contribution is 5.78. The highest BCUT2D eigenvalue weighted by atomic mass is 19.1. The van der Waals surface area contributed by atoms with Gasteiger partial charge in [-0.3, -0.25) is 4.79 Å². The summed E-state index contributed by atoms with van der Waals surface area (Å²) in [6.45, 7) is 1.65. The van der Waals surface area contributed by atoms with Gasteiger partial charge in [-0.1, -0.05) is 24.3 Å². The summed E-state index contributed by atoms with van der Waals surface area (Å²) in [5.41, 5.74) is 1.07. The number of hydrogen-bond donors (Lipinski definition) is 2. The van der Waals surface area contributed by atoms with Gasteiger partial charge < -0.3 is 10.4 Å². The monoisotopic (exact) mass is 305 g/mol. The topological polar surface area (TPSA) is 49.3 Å². The lowest BCUT2D eigenvalue weighted by atomic mass is 10.0. The van der Waals surface area contributed by atoms with E-state index in [2.05, 4.69) is 5.32 Å². The summed E-state index contributed by atoms with van der Waals surface area (Å²) in [4.78, 5) is 11.9. The molecule has 0 aromatic heterocycles. The van der Waals surface area contributed by atoms with E-state index in [1.165, 1.54) is 42.5 Å². The molecule has 0 aliphatic heterocycles. The number of amides is 1. The minimum atomic E-state index is -0.947. The molecular weight excluding hydrogens is 288 g/mol. The molecule has 2 aromatic carbocycles. The van der Waals surface area contributed by atoms with E-state index in [-0.39, 0.29) is 12.3 Å². The molecule has 0 bridgehead atoms. The molecule has 0 saturated carbocycles. The van der Waals surface area contributed by atoms with Gasteiger partial charge in [0.2, 0.25) is 5.91 Å². The van der Waals surface area contributed by atoms with Crippen LogP contribution in [0.1, 0.15) is 24.2 Å². The third-order valence-electron chi connectivity index (χ3n) is 3.33. The molecule has 0 fully saturated rings. The molecule has 5 heteroatoms. The van der Waals surface area contributed by atoms with Crippen LogP contribution in [-0.4, -0.2) is 17.1 Å². The Kier molecular flexibility index (Phi) is 5.22. The van der Waals surface area contributed by atoms with E-state index in [9.17, 15) is 18.7 Å². The third-order valence-corrected chi connectivity index (χ3v) is 3.33. The van der Waals surface area contributed by atoms with E-state index in [4.69, 9.17) is 0 Å². The summed E-state index contributed by atoms with van der Waals surface area (Å²) in [6, 6.07) is 10.7. The number of hydrogen-bond acceptors (Lipinski definition) is 2. The Balaban J connectivity index is 1.94. The van der Waals surface area contributed by atoms with Crippen LogP contribution in [-0.2, 0) is 11.2 Å². The van der Waals surface area contributed by atoms with Crippen molar-refractivity contribution in [1.82, 2.24) is 5.32 Å². The fourth-order valence-corrected chi connectivity index (χ4v) is 2.16. The van der Waals surface area contributed by atoms with Crippen LogP contribution in [0.5, 0.6) is 0 Å². The lowest BCUT2D eigenvalue weighted by Gasteiger charge is -2.20. The number of carbonyl (C=O) groups excluding carboxylic acids is 1. The van der Waals surface area contributed by atoms with Crippen molar-refractivity contribution in [2.24, 2.45) is 0 Å². The van der Waals surface area contributed by atoms with Gasteiger partial charge >= 0.3 is 0 Å². The minimum absolute atomic E-state index is 0.0260. The molecule has 0 aliphatic carbocycles. The normalized spacial score (nSPS) is 13.5. The molecule has 22 heavy (non-hydrogen) atoms. The van der Waals surface area contributed by atoms with Crippen LogP contribution in [0.2, 0.25) is 0 Å². The molecule has 0 saturated heterocycles. The van der Waals surface area contributed by atoms with Crippen molar-refractivity contribution in [2.45, 2.75) is 25.5 Å². The van der Waals surface area contributed by atoms with E-state index < -0.39 is 23.8 Å². The first-order valence-corrected chi connectivity index (χ1v) is 6.93. The fourth-order valence-electron chi connectivity index (χ4n) is 2.16. The first-order chi connectivity index (χ1) is 10.5. The summed E-state index contributed by atoms with van der Waals surface area (Å²) in [7, 11) is 0. The lowest BCUT2D eigenvalue weighted by molar-refractivity contribution is -0.121. The van der Waals surface area contributed by atoms with Crippen molar-refractivity contribution in [2.75, 3.05) is 0 Å². The molecular formula is C17H17F2NO2. The number of rotatable bonds is 5. The first kappa shape index (κ1) is 16.1. The number of aliphatic hydroxyl groups is 1. The largest absolute Gasteiger partial charge is 0.386 e. The zero-order valence-electron chi connectivity index (χ0n) is 12.1. The standard InChI is InChI=1S/C17H17F2NO2/c1-11(17(22)13-5-7-14(18)8-6-13)20-16(21)10-12-3-2-4-15(19)9-12/h2-9,11,17,22H,10H2,1H3,(H,20,21). The van der Waals surface area contributed by atoms with Crippen LogP contribution in [0.15, 0.2) is 48.5 Å². The molecule has 2 unspecified atom stereocenters. The number of nitrogens with one attached hydrogen (secondary N) is 1. The molecule has 0 spiro atoms. The van der Waals surface area contributed by atoms with Crippen molar-refractivity contribution < 1.29 is 18.7 Å². The Morgan fingerprint density at radius 2 is 1.82 bits per heavy atom. The van der Waals surface area contributed by atoms with E-state index in [0.717, 1.165) is 0 Å². The summed E-state index contributed by atoms with van der Waals surface area (Å²) in [6.07, 6.45) is -0.921. The Hall–Kier alpha value is -2.27. The smallest absolute Gasteiger partial charge is 0.224 e. The van der Waals surface area contributed by atoms with Crippen molar-refractivity contribution in [3.05, 3.63) is 71.3 Å². The second-order valence-corrected chi connectivity index (χ2v) is 5.16. The first-order valence-electron chi connectivity index (χ1n) is 6.93. The van der Waals surface area contributed by atoms with Crippen LogP contribution >= 0.6 is 0 Å². The SMILES string of the molecule is CC(NC(=O)Cc1cccc(F)c1)C(O)c1ccc(F)cc1. The van der Waals surface area contributed by atoms with E-state index in [1.807, 2.05) is 0 Å². The second-order valence-electron chi connectivity index (χ2n) is 5.16. The average molecular weight is 305 g/mol. The molecule has 2 rings (SSSR count). The van der Waals surface area contributed by atoms with Crippen LogP contribution in [0.25, 0.3) is 0 Å². The van der Waals surface area contributed by atoms with Crippen molar-refractivity contribution >= 4 is 5.91 Å². The van der Waals surface area contributed by atoms with Crippen LogP contribution in [0.4, 0.5) is 8.78 Å². The predicted molar refractivity (Wildman–Crippen MR) is 79.1 cm³/mol. The maximum atomic E-state index is 13.1. The molecule has 0 heterocycles. The molecule has 2 aromatic rings. The third kappa shape index (κ3) is 4.36. The van der Waals surface area contributed by atoms with Crippen LogP contribution in [0, 0.1) is 11.6 Å². The van der Waals surface area contributed by atoms with Gasteiger partial charge in [0, 0.05) is 0 Å². The van der Waals surface area contributed by atoms with E-state index in [1.54, 1.807) is 13.0 Å². The maximum absolute atomic E-state index is 13.1. The summed E-state index contributed by atoms with van der Waals surface area (Å²) in [5, 5.41) is 12.8. The summed E-state index contributed by atoms with van der Waals surface area (Å²) >= 11 is 0. The zero-order chi connectivity index (χ0) is 16.1. The molecule has 1 amide bonds. The zero-order valence-corrected chi connectivity index (χ0v) is 12.1. The van der Waals surface area contributed by atoms with Gasteiger partial charge in [0.15, 0.2) is 0 Å². The molecule has 2 atom stereocenters. The van der Waals surface area contributed by atoms with Gasteiger partial charge in [-0.15, -0.1) is 0 Å². The Morgan fingerprint density at radius 3 is 2.45 bits per heavy atom. The summed E-state index contributed by atoms with van der Waals surface area (Å²) < 4.78 is 25.9. The average Bonchev–Trinajstić information content (AvgIpc) is 2.47.